The summed E-state index contributed by atoms with van der Waals surface area (Å²) >= 11 is 0. The quantitative estimate of drug-likeness (QED) is 0.711. The number of rotatable bonds is 4. The highest BCUT2D eigenvalue weighted by Gasteiger charge is 2.06. The van der Waals surface area contributed by atoms with Crippen LogP contribution in [0.15, 0.2) is 46.9 Å². The molecule has 5 heteroatoms. The van der Waals surface area contributed by atoms with Gasteiger partial charge in [-0.3, -0.25) is 0 Å². The number of nitrogens with two attached hydrogens (primary N) is 1. The van der Waals surface area contributed by atoms with Crippen LogP contribution in [0.4, 0.5) is 17.4 Å². The molecule has 102 valence electrons. The number of anilines is 3. The first-order chi connectivity index (χ1) is 9.74. The van der Waals surface area contributed by atoms with E-state index in [2.05, 4.69) is 10.3 Å². The van der Waals surface area contributed by atoms with E-state index in [-0.39, 0.29) is 0 Å². The molecule has 0 aliphatic carbocycles. The van der Waals surface area contributed by atoms with Gasteiger partial charge in [0.2, 0.25) is 0 Å². The predicted octanol–water partition coefficient (Wildman–Crippen LogP) is 3.30. The smallest absolute Gasteiger partial charge is 0.300 e. The fraction of sp³-hybridized carbons (Fsp3) is 0.133. The van der Waals surface area contributed by atoms with Crippen molar-refractivity contribution in [3.8, 4) is 0 Å². The standard InChI is InChI=1S/C15H15N3O2/c1-19-9-10-3-2-4-12(7-10)17-15-18-13-6-5-11(16)8-14(13)20-15/h2-8H,9,16H2,1H3,(H,17,18). The van der Waals surface area contributed by atoms with E-state index in [1.54, 1.807) is 19.2 Å². The molecule has 1 heterocycles. The average molecular weight is 269 g/mol. The highest BCUT2D eigenvalue weighted by Crippen LogP contribution is 2.24. The molecule has 20 heavy (non-hydrogen) atoms. The second kappa shape index (κ2) is 5.22. The summed E-state index contributed by atoms with van der Waals surface area (Å²) in [5.41, 5.74) is 9.80. The molecule has 0 atom stereocenters. The molecule has 3 N–H and O–H groups in total. The summed E-state index contributed by atoms with van der Waals surface area (Å²) in [5.74, 6) is 0. The summed E-state index contributed by atoms with van der Waals surface area (Å²) in [4.78, 5) is 4.36. The van der Waals surface area contributed by atoms with E-state index in [1.807, 2.05) is 30.3 Å². The number of hydrogen-bond donors (Lipinski definition) is 2. The third kappa shape index (κ3) is 2.57. The van der Waals surface area contributed by atoms with E-state index in [0.29, 0.717) is 23.9 Å². The lowest BCUT2D eigenvalue weighted by atomic mass is 10.2. The lowest BCUT2D eigenvalue weighted by Gasteiger charge is -2.04. The zero-order valence-electron chi connectivity index (χ0n) is 11.1. The second-order valence-corrected chi connectivity index (χ2v) is 4.50. The fourth-order valence-electron chi connectivity index (χ4n) is 2.02. The van der Waals surface area contributed by atoms with E-state index >= 15 is 0 Å². The topological polar surface area (TPSA) is 73.3 Å². The van der Waals surface area contributed by atoms with Gasteiger partial charge in [0.1, 0.15) is 5.52 Å². The Balaban J connectivity index is 1.87. The molecular weight excluding hydrogens is 254 g/mol. The minimum Gasteiger partial charge on any atom is -0.423 e. The summed E-state index contributed by atoms with van der Waals surface area (Å²) in [6.07, 6.45) is 0. The summed E-state index contributed by atoms with van der Waals surface area (Å²) in [7, 11) is 1.67. The third-order valence-electron chi connectivity index (χ3n) is 2.90. The van der Waals surface area contributed by atoms with Crippen molar-refractivity contribution in [3.63, 3.8) is 0 Å². The van der Waals surface area contributed by atoms with Crippen molar-refractivity contribution >= 4 is 28.5 Å². The van der Waals surface area contributed by atoms with Crippen molar-refractivity contribution in [3.05, 3.63) is 48.0 Å². The van der Waals surface area contributed by atoms with Gasteiger partial charge in [-0.1, -0.05) is 12.1 Å². The molecule has 1 aromatic heterocycles. The molecule has 3 aromatic rings. The molecule has 0 aliphatic rings. The summed E-state index contributed by atoms with van der Waals surface area (Å²) in [6, 6.07) is 13.7. The monoisotopic (exact) mass is 269 g/mol. The summed E-state index contributed by atoms with van der Waals surface area (Å²) in [6.45, 7) is 0.569. The number of ether oxygens (including phenoxy) is 1. The van der Waals surface area contributed by atoms with Crippen LogP contribution in [0.5, 0.6) is 0 Å². The average Bonchev–Trinajstić information content (AvgIpc) is 2.81. The van der Waals surface area contributed by atoms with E-state index in [4.69, 9.17) is 14.9 Å². The zero-order chi connectivity index (χ0) is 13.9. The van der Waals surface area contributed by atoms with Crippen LogP contribution in [-0.4, -0.2) is 12.1 Å². The minimum atomic E-state index is 0.445. The second-order valence-electron chi connectivity index (χ2n) is 4.50. The number of nitrogen functional groups attached to an aromatic ring is 1. The molecule has 0 fully saturated rings. The molecule has 0 bridgehead atoms. The largest absolute Gasteiger partial charge is 0.423 e. The van der Waals surface area contributed by atoms with Gasteiger partial charge >= 0.3 is 0 Å². The van der Waals surface area contributed by atoms with E-state index in [0.717, 1.165) is 16.8 Å². The Morgan fingerprint density at radius 2 is 2.15 bits per heavy atom. The lowest BCUT2D eigenvalue weighted by molar-refractivity contribution is 0.185. The van der Waals surface area contributed by atoms with Gasteiger partial charge in [-0.25, -0.2) is 0 Å². The van der Waals surface area contributed by atoms with Crippen molar-refractivity contribution in [2.24, 2.45) is 0 Å². The van der Waals surface area contributed by atoms with Crippen LogP contribution < -0.4 is 11.1 Å². The first-order valence-electron chi connectivity index (χ1n) is 6.25. The number of fused-ring (bicyclic) bond motifs is 1. The predicted molar refractivity (Wildman–Crippen MR) is 78.9 cm³/mol. The molecule has 0 radical (unpaired) electrons. The van der Waals surface area contributed by atoms with Crippen molar-refractivity contribution in [2.45, 2.75) is 6.61 Å². The number of nitrogens with zero attached hydrogens (tertiary/aromatic N) is 1. The van der Waals surface area contributed by atoms with Crippen molar-refractivity contribution < 1.29 is 9.15 Å². The van der Waals surface area contributed by atoms with Gasteiger partial charge in [0.25, 0.3) is 6.01 Å². The van der Waals surface area contributed by atoms with Gasteiger partial charge in [0, 0.05) is 24.6 Å². The van der Waals surface area contributed by atoms with Crippen molar-refractivity contribution in [1.82, 2.24) is 4.98 Å². The molecular formula is C15H15N3O2. The van der Waals surface area contributed by atoms with Crippen LogP contribution in [0.1, 0.15) is 5.56 Å². The van der Waals surface area contributed by atoms with Gasteiger partial charge < -0.3 is 20.2 Å². The Kier molecular flexibility index (Phi) is 3.26. The molecule has 0 amide bonds. The lowest BCUT2D eigenvalue weighted by Crippen LogP contribution is -1.93. The SMILES string of the molecule is COCc1cccc(Nc2nc3ccc(N)cc3o2)c1. The minimum absolute atomic E-state index is 0.445. The molecule has 5 nitrogen and oxygen atoms in total. The van der Waals surface area contributed by atoms with Crippen LogP contribution >= 0.6 is 0 Å². The third-order valence-corrected chi connectivity index (χ3v) is 2.90. The Morgan fingerprint density at radius 3 is 3.00 bits per heavy atom. The Hall–Kier alpha value is -2.53. The number of oxazole rings is 1. The van der Waals surface area contributed by atoms with Crippen molar-refractivity contribution in [2.75, 3.05) is 18.2 Å². The van der Waals surface area contributed by atoms with Crippen molar-refractivity contribution in [1.29, 1.82) is 0 Å². The van der Waals surface area contributed by atoms with Gasteiger partial charge in [-0.15, -0.1) is 0 Å². The highest BCUT2D eigenvalue weighted by atomic mass is 16.5. The maximum absolute atomic E-state index is 5.72. The van der Waals surface area contributed by atoms with Gasteiger partial charge in [0.15, 0.2) is 5.58 Å². The fourth-order valence-corrected chi connectivity index (χ4v) is 2.02. The Morgan fingerprint density at radius 1 is 1.25 bits per heavy atom. The Bertz CT molecular complexity index is 737. The summed E-state index contributed by atoms with van der Waals surface area (Å²) in [5, 5.41) is 3.14. The van der Waals surface area contributed by atoms with Crippen LogP contribution in [0.3, 0.4) is 0 Å². The van der Waals surface area contributed by atoms with Gasteiger partial charge in [-0.05, 0) is 29.8 Å². The molecule has 0 saturated carbocycles. The van der Waals surface area contributed by atoms with Gasteiger partial charge in [0.05, 0.1) is 6.61 Å². The van der Waals surface area contributed by atoms with E-state index in [1.165, 1.54) is 0 Å². The zero-order valence-corrected chi connectivity index (χ0v) is 11.1. The normalized spacial score (nSPS) is 10.8. The van der Waals surface area contributed by atoms with Crippen LogP contribution in [-0.2, 0) is 11.3 Å². The maximum atomic E-state index is 5.72. The maximum Gasteiger partial charge on any atom is 0.300 e. The first kappa shape index (κ1) is 12.5. The Labute approximate surface area is 116 Å². The number of benzene rings is 2. The molecule has 0 saturated heterocycles. The summed E-state index contributed by atoms with van der Waals surface area (Å²) < 4.78 is 10.7. The highest BCUT2D eigenvalue weighted by molar-refractivity contribution is 5.78. The molecule has 0 spiro atoms. The molecule has 2 aromatic carbocycles. The van der Waals surface area contributed by atoms with Gasteiger partial charge in [-0.2, -0.15) is 4.98 Å². The van der Waals surface area contributed by atoms with Crippen LogP contribution in [0.25, 0.3) is 11.1 Å². The number of aromatic nitrogens is 1. The number of nitrogens with one attached hydrogen (secondary N) is 1. The molecule has 3 rings (SSSR count). The number of hydrogen-bond acceptors (Lipinski definition) is 5. The van der Waals surface area contributed by atoms with E-state index < -0.39 is 0 Å². The van der Waals surface area contributed by atoms with Crippen LogP contribution in [0, 0.1) is 0 Å². The molecule has 0 aliphatic heterocycles. The van der Waals surface area contributed by atoms with E-state index in [9.17, 15) is 0 Å². The molecule has 0 unspecified atom stereocenters. The van der Waals surface area contributed by atoms with Crippen LogP contribution in [0.2, 0.25) is 0 Å². The number of methoxy groups -OCH3 is 1. The first-order valence-corrected chi connectivity index (χ1v) is 6.25.